The van der Waals surface area contributed by atoms with Crippen molar-refractivity contribution in [3.8, 4) is 0 Å². The Bertz CT molecular complexity index is 859. The number of benzene rings is 1. The van der Waals surface area contributed by atoms with Gasteiger partial charge in [-0.15, -0.1) is 0 Å². The minimum Gasteiger partial charge on any atom is -0.399 e. The molecule has 0 aromatic heterocycles. The summed E-state index contributed by atoms with van der Waals surface area (Å²) in [5, 5.41) is 3.39. The van der Waals surface area contributed by atoms with Gasteiger partial charge in [0.2, 0.25) is 0 Å². The first-order valence-corrected chi connectivity index (χ1v) is 9.04. The average Bonchev–Trinajstić information content (AvgIpc) is 2.65. The van der Waals surface area contributed by atoms with E-state index in [9.17, 15) is 0 Å². The topological polar surface area (TPSA) is 38.0 Å². The SMILES string of the molecule is C=C1/C=C(C)\C=C/NC2=C1C=C(/C(N)=C/C=C\Cc1ccccc1)CC2. The van der Waals surface area contributed by atoms with Crippen LogP contribution in [0.4, 0.5) is 0 Å². The zero-order valence-electron chi connectivity index (χ0n) is 15.3. The molecule has 0 fully saturated rings. The zero-order chi connectivity index (χ0) is 18.4. The lowest BCUT2D eigenvalue weighted by Crippen LogP contribution is -2.15. The molecule has 3 N–H and O–H groups in total. The van der Waals surface area contributed by atoms with Crippen LogP contribution in [0.15, 0.2) is 113 Å². The molecule has 0 amide bonds. The van der Waals surface area contributed by atoms with Crippen molar-refractivity contribution in [3.63, 3.8) is 0 Å². The average molecular weight is 342 g/mol. The molecule has 1 aliphatic heterocycles. The van der Waals surface area contributed by atoms with Gasteiger partial charge in [-0.3, -0.25) is 0 Å². The zero-order valence-corrected chi connectivity index (χ0v) is 15.3. The van der Waals surface area contributed by atoms with E-state index in [-0.39, 0.29) is 0 Å². The van der Waals surface area contributed by atoms with Crippen LogP contribution >= 0.6 is 0 Å². The highest BCUT2D eigenvalue weighted by Gasteiger charge is 2.16. The first-order valence-electron chi connectivity index (χ1n) is 9.04. The second-order valence-electron chi connectivity index (χ2n) is 6.69. The van der Waals surface area contributed by atoms with E-state index in [0.29, 0.717) is 0 Å². The Hall–Kier alpha value is -3.00. The van der Waals surface area contributed by atoms with Crippen molar-refractivity contribution in [1.82, 2.24) is 5.32 Å². The third kappa shape index (κ3) is 4.54. The molecule has 0 saturated carbocycles. The van der Waals surface area contributed by atoms with Crippen LogP contribution in [-0.4, -0.2) is 0 Å². The number of nitrogens with two attached hydrogens (primary N) is 1. The van der Waals surface area contributed by atoms with Crippen molar-refractivity contribution in [2.45, 2.75) is 26.2 Å². The van der Waals surface area contributed by atoms with Gasteiger partial charge in [0.05, 0.1) is 0 Å². The highest BCUT2D eigenvalue weighted by atomic mass is 14.9. The molecule has 0 spiro atoms. The lowest BCUT2D eigenvalue weighted by Gasteiger charge is -2.22. The second kappa shape index (κ2) is 8.39. The quantitative estimate of drug-likeness (QED) is 0.736. The molecule has 1 heterocycles. The number of nitrogens with one attached hydrogen (secondary N) is 1. The lowest BCUT2D eigenvalue weighted by molar-refractivity contribution is 0.824. The predicted molar refractivity (Wildman–Crippen MR) is 111 cm³/mol. The van der Waals surface area contributed by atoms with Crippen molar-refractivity contribution in [3.05, 3.63) is 119 Å². The van der Waals surface area contributed by atoms with Crippen molar-refractivity contribution in [1.29, 1.82) is 0 Å². The maximum atomic E-state index is 6.33. The maximum Gasteiger partial charge on any atom is 0.0346 e. The van der Waals surface area contributed by atoms with Crippen LogP contribution in [0.25, 0.3) is 0 Å². The molecule has 2 heteroatoms. The fourth-order valence-electron chi connectivity index (χ4n) is 3.16. The van der Waals surface area contributed by atoms with Crippen LogP contribution in [0.3, 0.4) is 0 Å². The van der Waals surface area contributed by atoms with Gasteiger partial charge in [-0.1, -0.05) is 55.1 Å². The second-order valence-corrected chi connectivity index (χ2v) is 6.69. The number of hydrogen-bond acceptors (Lipinski definition) is 2. The number of rotatable bonds is 4. The highest BCUT2D eigenvalue weighted by Crippen LogP contribution is 2.30. The van der Waals surface area contributed by atoms with Gasteiger partial charge in [0, 0.05) is 23.2 Å². The summed E-state index contributed by atoms with van der Waals surface area (Å²) in [6, 6.07) is 10.4. The van der Waals surface area contributed by atoms with Crippen molar-refractivity contribution in [2.24, 2.45) is 5.73 Å². The van der Waals surface area contributed by atoms with E-state index in [0.717, 1.165) is 36.1 Å². The molecule has 1 aromatic carbocycles. The molecule has 0 bridgehead atoms. The standard InChI is InChI=1S/C24H26N2/c1-18-14-15-26-24-13-12-21(17-22(24)19(2)16-18)23(25)11-7-6-10-20-8-4-3-5-9-20/h3-9,11,14-17,26H,2,10,12-13,25H2,1H3/b7-6-,15-14-,18-16-,23-11-. The molecule has 3 rings (SSSR count). The first-order chi connectivity index (χ1) is 12.6. The minimum atomic E-state index is 0.826. The van der Waals surface area contributed by atoms with Gasteiger partial charge in [0.1, 0.15) is 0 Å². The Kier molecular flexibility index (Phi) is 5.75. The van der Waals surface area contributed by atoms with Gasteiger partial charge >= 0.3 is 0 Å². The molecule has 1 aliphatic carbocycles. The van der Waals surface area contributed by atoms with E-state index in [1.165, 1.54) is 22.4 Å². The molecule has 26 heavy (non-hydrogen) atoms. The van der Waals surface area contributed by atoms with Gasteiger partial charge in [0.15, 0.2) is 0 Å². The third-order valence-electron chi connectivity index (χ3n) is 4.62. The lowest BCUT2D eigenvalue weighted by atomic mass is 9.89. The van der Waals surface area contributed by atoms with Gasteiger partial charge in [-0.05, 0) is 66.7 Å². The summed E-state index contributed by atoms with van der Waals surface area (Å²) in [7, 11) is 0. The van der Waals surface area contributed by atoms with Crippen LogP contribution < -0.4 is 11.1 Å². The normalized spacial score (nSPS) is 21.3. The predicted octanol–water partition coefficient (Wildman–Crippen LogP) is 5.22. The largest absolute Gasteiger partial charge is 0.399 e. The Morgan fingerprint density at radius 1 is 1.19 bits per heavy atom. The summed E-state index contributed by atoms with van der Waals surface area (Å²) >= 11 is 0. The Morgan fingerprint density at radius 3 is 2.81 bits per heavy atom. The van der Waals surface area contributed by atoms with Gasteiger partial charge in [-0.2, -0.15) is 0 Å². The van der Waals surface area contributed by atoms with Crippen molar-refractivity contribution >= 4 is 0 Å². The molecule has 2 nitrogen and oxygen atoms in total. The Balaban J connectivity index is 1.73. The van der Waals surface area contributed by atoms with E-state index in [2.05, 4.69) is 67.4 Å². The molecular formula is C24H26N2. The number of allylic oxidation sites excluding steroid dienone is 11. The van der Waals surface area contributed by atoms with E-state index >= 15 is 0 Å². The third-order valence-corrected chi connectivity index (χ3v) is 4.62. The Labute approximate surface area is 156 Å². The van der Waals surface area contributed by atoms with E-state index in [1.807, 2.05) is 24.4 Å². The number of hydrogen-bond donors (Lipinski definition) is 2. The van der Waals surface area contributed by atoms with E-state index in [1.54, 1.807) is 0 Å². The van der Waals surface area contributed by atoms with Crippen LogP contribution in [0.5, 0.6) is 0 Å². The van der Waals surface area contributed by atoms with E-state index in [4.69, 9.17) is 5.73 Å². The molecule has 132 valence electrons. The smallest absolute Gasteiger partial charge is 0.0346 e. The highest BCUT2D eigenvalue weighted by molar-refractivity contribution is 5.55. The van der Waals surface area contributed by atoms with Crippen LogP contribution in [0.1, 0.15) is 25.3 Å². The molecule has 0 radical (unpaired) electrons. The fraction of sp³-hybridized carbons (Fsp3) is 0.167. The minimum absolute atomic E-state index is 0.826. The summed E-state index contributed by atoms with van der Waals surface area (Å²) in [5.41, 5.74) is 14.2. The van der Waals surface area contributed by atoms with Crippen molar-refractivity contribution in [2.75, 3.05) is 0 Å². The molecule has 0 unspecified atom stereocenters. The summed E-state index contributed by atoms with van der Waals surface area (Å²) < 4.78 is 0. The first kappa shape index (κ1) is 17.8. The van der Waals surface area contributed by atoms with Gasteiger partial charge < -0.3 is 11.1 Å². The molecule has 1 aromatic rings. The maximum absolute atomic E-state index is 6.33. The fourth-order valence-corrected chi connectivity index (χ4v) is 3.16. The van der Waals surface area contributed by atoms with Crippen LogP contribution in [0, 0.1) is 0 Å². The summed E-state index contributed by atoms with van der Waals surface area (Å²) in [6.45, 7) is 6.30. The molecule has 2 aliphatic rings. The molecule has 0 saturated heterocycles. The van der Waals surface area contributed by atoms with Crippen LogP contribution in [0.2, 0.25) is 0 Å². The summed E-state index contributed by atoms with van der Waals surface area (Å²) in [5.74, 6) is 0. The monoisotopic (exact) mass is 342 g/mol. The van der Waals surface area contributed by atoms with Crippen molar-refractivity contribution < 1.29 is 0 Å². The van der Waals surface area contributed by atoms with E-state index < -0.39 is 0 Å². The Morgan fingerprint density at radius 2 is 2.00 bits per heavy atom. The van der Waals surface area contributed by atoms with Crippen LogP contribution in [-0.2, 0) is 6.42 Å². The van der Waals surface area contributed by atoms with Gasteiger partial charge in [-0.25, -0.2) is 0 Å². The van der Waals surface area contributed by atoms with Gasteiger partial charge in [0.25, 0.3) is 0 Å². The molecular weight excluding hydrogens is 316 g/mol. The summed E-state index contributed by atoms with van der Waals surface area (Å²) in [6.07, 6.45) is 17.3. The summed E-state index contributed by atoms with van der Waals surface area (Å²) in [4.78, 5) is 0. The molecule has 0 atom stereocenters.